The van der Waals surface area contributed by atoms with Crippen LogP contribution in [0, 0.1) is 0 Å². The summed E-state index contributed by atoms with van der Waals surface area (Å²) in [6.07, 6.45) is -4.99. The summed E-state index contributed by atoms with van der Waals surface area (Å²) >= 11 is 11.8. The van der Waals surface area contributed by atoms with Gasteiger partial charge in [0.25, 0.3) is 0 Å². The van der Waals surface area contributed by atoms with Crippen molar-refractivity contribution in [3.8, 4) is 5.75 Å². The number of amides is 1. The van der Waals surface area contributed by atoms with Crippen LogP contribution >= 0.6 is 23.2 Å². The van der Waals surface area contributed by atoms with Gasteiger partial charge < -0.3 is 30.1 Å². The molecule has 4 N–H and O–H groups in total. The van der Waals surface area contributed by atoms with Gasteiger partial charge in [0.15, 0.2) is 0 Å². The molecule has 0 spiro atoms. The van der Waals surface area contributed by atoms with Gasteiger partial charge in [-0.1, -0.05) is 23.2 Å². The lowest BCUT2D eigenvalue weighted by molar-refractivity contribution is -0.244. The summed E-state index contributed by atoms with van der Waals surface area (Å²) in [5.74, 6) is -0.222. The summed E-state index contributed by atoms with van der Waals surface area (Å²) in [5.41, 5.74) is 0. The van der Waals surface area contributed by atoms with Crippen molar-refractivity contribution < 1.29 is 29.6 Å². The zero-order valence-electron chi connectivity index (χ0n) is 12.1. The molecular weight excluding hydrogens is 349 g/mol. The van der Waals surface area contributed by atoms with Gasteiger partial charge in [0.05, 0.1) is 11.6 Å². The molecule has 9 heteroatoms. The molecule has 1 aliphatic heterocycles. The normalized spacial score (nSPS) is 30.8. The Kier molecular flexibility index (Phi) is 6.07. The van der Waals surface area contributed by atoms with E-state index in [1.807, 2.05) is 0 Å². The third kappa shape index (κ3) is 4.26. The number of ether oxygens (including phenoxy) is 2. The first-order valence-electron chi connectivity index (χ1n) is 6.84. The largest absolute Gasteiger partial charge is 0.461 e. The van der Waals surface area contributed by atoms with E-state index in [2.05, 4.69) is 5.32 Å². The van der Waals surface area contributed by atoms with E-state index in [9.17, 15) is 20.1 Å². The zero-order chi connectivity index (χ0) is 17.1. The van der Waals surface area contributed by atoms with Crippen LogP contribution in [0.15, 0.2) is 18.2 Å². The smallest absolute Gasteiger partial charge is 0.223 e. The number of carbonyl (C=O) groups excluding carboxylic acids is 1. The fraction of sp³-hybridized carbons (Fsp3) is 0.500. The molecule has 0 radical (unpaired) electrons. The Labute approximate surface area is 142 Å². The SMILES string of the molecule is CC(=O)N[C@@H]1[C@H](Oc2ccc(Cl)cc2Cl)O[C@H](CO)[C@H](O)[C@H]1O. The fourth-order valence-corrected chi connectivity index (χ4v) is 2.72. The number of benzene rings is 1. The predicted molar refractivity (Wildman–Crippen MR) is 82.5 cm³/mol. The van der Waals surface area contributed by atoms with Crippen molar-refractivity contribution in [2.45, 2.75) is 37.6 Å². The molecule has 1 heterocycles. The van der Waals surface area contributed by atoms with Crippen LogP contribution in [0.4, 0.5) is 0 Å². The molecule has 5 atom stereocenters. The van der Waals surface area contributed by atoms with Gasteiger partial charge in [-0.05, 0) is 18.2 Å². The topological polar surface area (TPSA) is 108 Å². The molecule has 128 valence electrons. The van der Waals surface area contributed by atoms with Gasteiger partial charge in [0.2, 0.25) is 12.2 Å². The van der Waals surface area contributed by atoms with Crippen LogP contribution in [-0.4, -0.2) is 58.5 Å². The van der Waals surface area contributed by atoms with Gasteiger partial charge in [-0.15, -0.1) is 0 Å². The molecule has 1 saturated heterocycles. The van der Waals surface area contributed by atoms with Crippen molar-refractivity contribution in [3.05, 3.63) is 28.2 Å². The van der Waals surface area contributed by atoms with Gasteiger partial charge in [0.1, 0.15) is 30.1 Å². The lowest BCUT2D eigenvalue weighted by Gasteiger charge is -2.42. The Hall–Kier alpha value is -1.09. The lowest BCUT2D eigenvalue weighted by Crippen LogP contribution is -2.65. The Bertz CT molecular complexity index is 572. The maximum atomic E-state index is 11.3. The number of hydrogen-bond acceptors (Lipinski definition) is 6. The second-order valence-electron chi connectivity index (χ2n) is 5.13. The number of halogens is 2. The summed E-state index contributed by atoms with van der Waals surface area (Å²) in [6.45, 7) is 0.725. The molecule has 0 saturated carbocycles. The first-order chi connectivity index (χ1) is 10.8. The fourth-order valence-electron chi connectivity index (χ4n) is 2.27. The van der Waals surface area contributed by atoms with Crippen molar-refractivity contribution in [1.29, 1.82) is 0 Å². The molecule has 0 bridgehead atoms. The van der Waals surface area contributed by atoms with Crippen LogP contribution in [0.25, 0.3) is 0 Å². The minimum atomic E-state index is -1.39. The Balaban J connectivity index is 2.25. The Morgan fingerprint density at radius 3 is 2.61 bits per heavy atom. The minimum absolute atomic E-state index is 0.212. The first kappa shape index (κ1) is 18.3. The lowest BCUT2D eigenvalue weighted by atomic mass is 9.97. The molecule has 1 amide bonds. The van der Waals surface area contributed by atoms with E-state index in [1.165, 1.54) is 19.1 Å². The van der Waals surface area contributed by atoms with Gasteiger partial charge in [0, 0.05) is 11.9 Å². The molecule has 23 heavy (non-hydrogen) atoms. The minimum Gasteiger partial charge on any atom is -0.461 e. The summed E-state index contributed by atoms with van der Waals surface area (Å²) in [4.78, 5) is 11.3. The van der Waals surface area contributed by atoms with Crippen molar-refractivity contribution in [3.63, 3.8) is 0 Å². The van der Waals surface area contributed by atoms with Crippen molar-refractivity contribution in [1.82, 2.24) is 5.32 Å². The van der Waals surface area contributed by atoms with E-state index in [4.69, 9.17) is 32.7 Å². The van der Waals surface area contributed by atoms with E-state index in [1.54, 1.807) is 6.07 Å². The van der Waals surface area contributed by atoms with Crippen LogP contribution in [0.3, 0.4) is 0 Å². The zero-order valence-corrected chi connectivity index (χ0v) is 13.7. The first-order valence-corrected chi connectivity index (χ1v) is 7.60. The third-order valence-corrected chi connectivity index (χ3v) is 3.92. The average molecular weight is 366 g/mol. The maximum Gasteiger partial charge on any atom is 0.223 e. The molecule has 1 fully saturated rings. The molecule has 0 aliphatic carbocycles. The molecular formula is C14H17Cl2NO6. The average Bonchev–Trinajstić information content (AvgIpc) is 2.48. The predicted octanol–water partition coefficient (Wildman–Crippen LogP) is 0.316. The second kappa shape index (κ2) is 7.65. The Morgan fingerprint density at radius 1 is 1.35 bits per heavy atom. The van der Waals surface area contributed by atoms with Crippen LogP contribution in [0.1, 0.15) is 6.92 Å². The number of aliphatic hydroxyl groups excluding tert-OH is 3. The van der Waals surface area contributed by atoms with E-state index >= 15 is 0 Å². The molecule has 0 unspecified atom stereocenters. The summed E-state index contributed by atoms with van der Waals surface area (Å²) < 4.78 is 11.0. The van der Waals surface area contributed by atoms with Crippen molar-refractivity contribution in [2.75, 3.05) is 6.61 Å². The molecule has 1 aromatic rings. The van der Waals surface area contributed by atoms with Gasteiger partial charge in [-0.25, -0.2) is 0 Å². The van der Waals surface area contributed by atoms with Crippen molar-refractivity contribution >= 4 is 29.1 Å². The molecule has 2 rings (SSSR count). The number of rotatable bonds is 4. The van der Waals surface area contributed by atoms with E-state index < -0.39 is 43.2 Å². The quantitative estimate of drug-likeness (QED) is 0.611. The highest BCUT2D eigenvalue weighted by Crippen LogP contribution is 2.31. The second-order valence-corrected chi connectivity index (χ2v) is 5.97. The number of carbonyl (C=O) groups is 1. The number of hydrogen-bond donors (Lipinski definition) is 4. The van der Waals surface area contributed by atoms with E-state index in [0.29, 0.717) is 5.02 Å². The maximum absolute atomic E-state index is 11.3. The molecule has 1 aliphatic rings. The summed E-state index contributed by atoms with van der Waals surface area (Å²) in [7, 11) is 0. The third-order valence-electron chi connectivity index (χ3n) is 3.39. The van der Waals surface area contributed by atoms with Gasteiger partial charge in [-0.2, -0.15) is 0 Å². The number of nitrogens with one attached hydrogen (secondary N) is 1. The summed E-state index contributed by atoms with van der Waals surface area (Å²) in [5, 5.41) is 32.4. The van der Waals surface area contributed by atoms with Crippen LogP contribution in [0.2, 0.25) is 10.0 Å². The van der Waals surface area contributed by atoms with Crippen LogP contribution in [-0.2, 0) is 9.53 Å². The van der Waals surface area contributed by atoms with Gasteiger partial charge >= 0.3 is 0 Å². The van der Waals surface area contributed by atoms with Crippen LogP contribution in [0.5, 0.6) is 5.75 Å². The highest BCUT2D eigenvalue weighted by Gasteiger charge is 2.46. The highest BCUT2D eigenvalue weighted by molar-refractivity contribution is 6.35. The monoisotopic (exact) mass is 365 g/mol. The van der Waals surface area contributed by atoms with Crippen LogP contribution < -0.4 is 10.1 Å². The Morgan fingerprint density at radius 2 is 2.04 bits per heavy atom. The highest BCUT2D eigenvalue weighted by atomic mass is 35.5. The summed E-state index contributed by atoms with van der Waals surface area (Å²) in [6, 6.07) is 3.47. The van der Waals surface area contributed by atoms with E-state index in [0.717, 1.165) is 0 Å². The molecule has 7 nitrogen and oxygen atoms in total. The van der Waals surface area contributed by atoms with E-state index in [-0.39, 0.29) is 10.8 Å². The standard InChI is InChI=1S/C14H17Cl2NO6/c1-6(19)17-11-13(21)12(20)10(5-18)23-14(11)22-9-3-2-7(15)4-8(9)16/h2-4,10-14,18,20-21H,5H2,1H3,(H,17,19)/t10-,11+,12+,13+,14-/m1/s1. The number of aliphatic hydroxyl groups is 3. The molecule has 1 aromatic carbocycles. The van der Waals surface area contributed by atoms with Crippen molar-refractivity contribution in [2.24, 2.45) is 0 Å². The molecule has 0 aromatic heterocycles. The van der Waals surface area contributed by atoms with Gasteiger partial charge in [-0.3, -0.25) is 4.79 Å².